The van der Waals surface area contributed by atoms with Gasteiger partial charge in [-0.1, -0.05) is 18.2 Å². The molecule has 1 heterocycles. The number of rotatable bonds is 8. The molecular weight excluding hydrogens is 408 g/mol. The maximum Gasteiger partial charge on any atom is 0.310 e. The quantitative estimate of drug-likeness (QED) is 0.245. The van der Waals surface area contributed by atoms with Crippen molar-refractivity contribution in [2.45, 2.75) is 6.42 Å². The number of amidine groups is 1. The van der Waals surface area contributed by atoms with Crippen LogP contribution in [0.1, 0.15) is 21.5 Å². The summed E-state index contributed by atoms with van der Waals surface area (Å²) in [6.45, 7) is 0.0135. The van der Waals surface area contributed by atoms with Gasteiger partial charge in [0.1, 0.15) is 11.6 Å². The van der Waals surface area contributed by atoms with Crippen LogP contribution in [0.5, 0.6) is 5.75 Å². The molecule has 0 radical (unpaired) electrons. The lowest BCUT2D eigenvalue weighted by Gasteiger charge is -2.17. The number of hydrogen-bond acceptors (Lipinski definition) is 6. The minimum atomic E-state index is -0.730. The van der Waals surface area contributed by atoms with Crippen LogP contribution in [0.15, 0.2) is 67.0 Å². The Hall–Kier alpha value is -4.20. The number of methoxy groups -OCH3 is 1. The van der Waals surface area contributed by atoms with Gasteiger partial charge in [-0.25, -0.2) is 0 Å². The normalized spacial score (nSPS) is 11.4. The summed E-state index contributed by atoms with van der Waals surface area (Å²) in [4.78, 5) is 29.0. The number of pyridine rings is 1. The number of carbonyl (C=O) groups excluding carboxylic acids is 2. The highest BCUT2D eigenvalue weighted by Crippen LogP contribution is 2.23. The van der Waals surface area contributed by atoms with Gasteiger partial charge in [-0.3, -0.25) is 20.0 Å². The molecule has 8 heteroatoms. The van der Waals surface area contributed by atoms with Crippen LogP contribution in [0, 0.1) is 11.3 Å². The van der Waals surface area contributed by atoms with Crippen molar-refractivity contribution < 1.29 is 19.4 Å². The number of hydrogen-bond donors (Lipinski definition) is 4. The van der Waals surface area contributed by atoms with Crippen LogP contribution >= 0.6 is 0 Å². The maximum absolute atomic E-state index is 12.6. The van der Waals surface area contributed by atoms with Gasteiger partial charge in [0.05, 0.1) is 13.0 Å². The molecule has 0 aliphatic rings. The van der Waals surface area contributed by atoms with E-state index in [9.17, 15) is 14.7 Å². The highest BCUT2D eigenvalue weighted by molar-refractivity contribution is 5.95. The lowest BCUT2D eigenvalue weighted by molar-refractivity contribution is -0.145. The predicted octanol–water partition coefficient (Wildman–Crippen LogP) is 2.50. The number of nitrogens with two attached hydrogens (primary N) is 1. The van der Waals surface area contributed by atoms with Gasteiger partial charge >= 0.3 is 5.97 Å². The zero-order chi connectivity index (χ0) is 23.1. The molecule has 3 rings (SSSR count). The summed E-state index contributed by atoms with van der Waals surface area (Å²) in [5.74, 6) is -1.76. The maximum atomic E-state index is 12.6. The SMILES string of the molecule is COC(=O)C(CNC(=O)c1ccc(-c2cccnc2)cc1)Cc1cc(C(=N)N)ccc1O. The third kappa shape index (κ3) is 5.48. The molecule has 5 N–H and O–H groups in total. The second-order valence-electron chi connectivity index (χ2n) is 7.21. The number of ether oxygens (including phenoxy) is 1. The van der Waals surface area contributed by atoms with Crippen molar-refractivity contribution in [2.24, 2.45) is 11.7 Å². The van der Waals surface area contributed by atoms with Gasteiger partial charge in [0.25, 0.3) is 5.91 Å². The van der Waals surface area contributed by atoms with Crippen LogP contribution in [0.3, 0.4) is 0 Å². The number of esters is 1. The molecule has 0 spiro atoms. The molecule has 0 bridgehead atoms. The second kappa shape index (κ2) is 10.2. The Bertz CT molecular complexity index is 1110. The summed E-state index contributed by atoms with van der Waals surface area (Å²) in [5, 5.41) is 20.4. The van der Waals surface area contributed by atoms with E-state index in [-0.39, 0.29) is 30.5 Å². The van der Waals surface area contributed by atoms with E-state index < -0.39 is 11.9 Å². The molecule has 32 heavy (non-hydrogen) atoms. The molecule has 0 aliphatic carbocycles. The number of nitrogens with zero attached hydrogens (tertiary/aromatic N) is 1. The molecule has 0 saturated heterocycles. The summed E-state index contributed by atoms with van der Waals surface area (Å²) in [5.41, 5.74) is 8.70. The van der Waals surface area contributed by atoms with E-state index in [0.29, 0.717) is 16.7 Å². The first-order valence-electron chi connectivity index (χ1n) is 9.91. The smallest absolute Gasteiger partial charge is 0.310 e. The van der Waals surface area contributed by atoms with Gasteiger partial charge in [-0.15, -0.1) is 0 Å². The highest BCUT2D eigenvalue weighted by atomic mass is 16.5. The number of aromatic hydroxyl groups is 1. The van der Waals surface area contributed by atoms with E-state index in [1.807, 2.05) is 24.3 Å². The van der Waals surface area contributed by atoms with Gasteiger partial charge in [-0.2, -0.15) is 0 Å². The molecule has 0 saturated carbocycles. The summed E-state index contributed by atoms with van der Waals surface area (Å²) in [7, 11) is 1.26. The number of carbonyl (C=O) groups is 2. The van der Waals surface area contributed by atoms with E-state index in [1.54, 1.807) is 30.6 Å². The Labute approximate surface area is 185 Å². The third-order valence-electron chi connectivity index (χ3n) is 5.04. The van der Waals surface area contributed by atoms with Crippen LogP contribution in [-0.2, 0) is 16.0 Å². The second-order valence-corrected chi connectivity index (χ2v) is 7.21. The zero-order valence-electron chi connectivity index (χ0n) is 17.5. The molecule has 1 atom stereocenters. The number of phenols is 1. The van der Waals surface area contributed by atoms with E-state index in [1.165, 1.54) is 19.2 Å². The molecule has 0 aliphatic heterocycles. The molecule has 8 nitrogen and oxygen atoms in total. The molecule has 164 valence electrons. The number of phenolic OH excluding ortho intramolecular Hbond substituents is 1. The van der Waals surface area contributed by atoms with Crippen LogP contribution in [0.4, 0.5) is 0 Å². The number of nitrogens with one attached hydrogen (secondary N) is 2. The Morgan fingerprint density at radius 3 is 2.47 bits per heavy atom. The molecule has 0 fully saturated rings. The van der Waals surface area contributed by atoms with Gasteiger partial charge in [0.15, 0.2) is 0 Å². The Balaban J connectivity index is 1.69. The number of aromatic nitrogens is 1. The lowest BCUT2D eigenvalue weighted by atomic mass is 9.96. The molecular formula is C24H24N4O4. The molecule has 1 amide bonds. The molecule has 3 aromatic rings. The minimum absolute atomic E-state index is 0.0135. The third-order valence-corrected chi connectivity index (χ3v) is 5.04. The molecule has 1 unspecified atom stereocenters. The predicted molar refractivity (Wildman–Crippen MR) is 120 cm³/mol. The summed E-state index contributed by atoms with van der Waals surface area (Å²) in [6, 6.07) is 15.3. The van der Waals surface area contributed by atoms with Crippen LogP contribution < -0.4 is 11.1 Å². The first kappa shape index (κ1) is 22.5. The monoisotopic (exact) mass is 432 g/mol. The largest absolute Gasteiger partial charge is 0.508 e. The number of benzene rings is 2. The van der Waals surface area contributed by atoms with Gasteiger partial charge in [0.2, 0.25) is 0 Å². The first-order valence-corrected chi connectivity index (χ1v) is 9.91. The van der Waals surface area contributed by atoms with Crippen LogP contribution in [0.2, 0.25) is 0 Å². The topological polar surface area (TPSA) is 138 Å². The van der Waals surface area contributed by atoms with Crippen LogP contribution in [0.25, 0.3) is 11.1 Å². The minimum Gasteiger partial charge on any atom is -0.508 e. The van der Waals surface area contributed by atoms with E-state index in [2.05, 4.69) is 10.3 Å². The fraction of sp³-hybridized carbons (Fsp3) is 0.167. The van der Waals surface area contributed by atoms with Crippen molar-refractivity contribution in [3.63, 3.8) is 0 Å². The average Bonchev–Trinajstić information content (AvgIpc) is 2.82. The Kier molecular flexibility index (Phi) is 7.17. The fourth-order valence-electron chi connectivity index (χ4n) is 3.25. The standard InChI is InChI=1S/C24H24N4O4/c1-32-24(31)20(12-19-11-17(22(25)26)8-9-21(19)29)14-28-23(30)16-6-4-15(5-7-16)18-3-2-10-27-13-18/h2-11,13,20,29H,12,14H2,1H3,(H3,25,26)(H,28,30). The highest BCUT2D eigenvalue weighted by Gasteiger charge is 2.23. The van der Waals surface area contributed by atoms with Crippen LogP contribution in [-0.4, -0.2) is 41.5 Å². The number of nitrogen functional groups attached to an aromatic ring is 1. The van der Waals surface area contributed by atoms with Crippen molar-refractivity contribution in [2.75, 3.05) is 13.7 Å². The molecule has 1 aromatic heterocycles. The van der Waals surface area contributed by atoms with Crippen molar-refractivity contribution in [1.29, 1.82) is 5.41 Å². The Morgan fingerprint density at radius 1 is 1.12 bits per heavy atom. The fourth-order valence-corrected chi connectivity index (χ4v) is 3.25. The summed E-state index contributed by atoms with van der Waals surface area (Å²) < 4.78 is 4.86. The van der Waals surface area contributed by atoms with Gasteiger partial charge in [0, 0.05) is 30.1 Å². The number of amides is 1. The van der Waals surface area contributed by atoms with Gasteiger partial charge < -0.3 is 20.9 Å². The van der Waals surface area contributed by atoms with E-state index >= 15 is 0 Å². The molecule has 2 aromatic carbocycles. The van der Waals surface area contributed by atoms with Crippen molar-refractivity contribution in [3.8, 4) is 16.9 Å². The summed E-state index contributed by atoms with van der Waals surface area (Å²) >= 11 is 0. The van der Waals surface area contributed by atoms with E-state index in [0.717, 1.165) is 11.1 Å². The van der Waals surface area contributed by atoms with Crippen molar-refractivity contribution in [3.05, 3.63) is 83.7 Å². The average molecular weight is 432 g/mol. The van der Waals surface area contributed by atoms with E-state index in [4.69, 9.17) is 15.9 Å². The van der Waals surface area contributed by atoms with Gasteiger partial charge in [-0.05, 0) is 59.5 Å². The zero-order valence-corrected chi connectivity index (χ0v) is 17.5. The summed E-state index contributed by atoms with van der Waals surface area (Å²) in [6.07, 6.45) is 3.55. The lowest BCUT2D eigenvalue weighted by Crippen LogP contribution is -2.34. The first-order chi connectivity index (χ1) is 15.4. The van der Waals surface area contributed by atoms with Crippen molar-refractivity contribution in [1.82, 2.24) is 10.3 Å². The Morgan fingerprint density at radius 2 is 1.84 bits per heavy atom. The van der Waals surface area contributed by atoms with Crippen molar-refractivity contribution >= 4 is 17.7 Å².